The molecule has 19 heavy (non-hydrogen) atoms. The lowest BCUT2D eigenvalue weighted by Crippen LogP contribution is -2.33. The third-order valence-corrected chi connectivity index (χ3v) is 3.74. The zero-order valence-electron chi connectivity index (χ0n) is 11.2. The van der Waals surface area contributed by atoms with Crippen molar-refractivity contribution in [3.05, 3.63) is 29.3 Å². The first-order valence-corrected chi connectivity index (χ1v) is 7.15. The molecule has 0 aliphatic heterocycles. The number of benzene rings is 1. The number of hydrogen-bond acceptors (Lipinski definition) is 3. The van der Waals surface area contributed by atoms with Crippen LogP contribution in [0.2, 0.25) is 0 Å². The van der Waals surface area contributed by atoms with E-state index in [2.05, 4.69) is 10.6 Å². The maximum atomic E-state index is 11.7. The number of carboxylic acids is 1. The quantitative estimate of drug-likeness (QED) is 0.775. The van der Waals surface area contributed by atoms with Crippen molar-refractivity contribution in [2.75, 3.05) is 18.1 Å². The standard InChI is InChI=1S/C13H18N2O3S/c1-8(19-3)7-14-13(18)15-11-6-4-5-10(9(11)2)12(16)17/h4-6,8H,7H2,1-3H3,(H,16,17)(H2,14,15,18). The van der Waals surface area contributed by atoms with Crippen molar-refractivity contribution >= 4 is 29.4 Å². The van der Waals surface area contributed by atoms with Gasteiger partial charge in [0.05, 0.1) is 5.56 Å². The lowest BCUT2D eigenvalue weighted by molar-refractivity contribution is 0.0696. The number of carbonyl (C=O) groups excluding carboxylic acids is 1. The van der Waals surface area contributed by atoms with Gasteiger partial charge in [0.25, 0.3) is 0 Å². The molecule has 1 atom stereocenters. The number of rotatable bonds is 5. The molecule has 1 aromatic rings. The number of amides is 2. The lowest BCUT2D eigenvalue weighted by Gasteiger charge is -2.13. The normalized spacial score (nSPS) is 11.7. The van der Waals surface area contributed by atoms with Gasteiger partial charge in [0.15, 0.2) is 0 Å². The Morgan fingerprint density at radius 2 is 2.11 bits per heavy atom. The van der Waals surface area contributed by atoms with Crippen LogP contribution in [0.3, 0.4) is 0 Å². The smallest absolute Gasteiger partial charge is 0.336 e. The second kappa shape index (κ2) is 7.04. The zero-order valence-corrected chi connectivity index (χ0v) is 12.0. The Labute approximate surface area is 116 Å². The Bertz CT molecular complexity index is 477. The Morgan fingerprint density at radius 3 is 2.68 bits per heavy atom. The van der Waals surface area contributed by atoms with Crippen LogP contribution in [0.25, 0.3) is 0 Å². The van der Waals surface area contributed by atoms with Crippen LogP contribution in [0.1, 0.15) is 22.8 Å². The van der Waals surface area contributed by atoms with Crippen molar-refractivity contribution in [1.29, 1.82) is 0 Å². The topological polar surface area (TPSA) is 78.4 Å². The van der Waals surface area contributed by atoms with Crippen LogP contribution in [0.5, 0.6) is 0 Å². The molecule has 0 saturated carbocycles. The van der Waals surface area contributed by atoms with E-state index in [1.54, 1.807) is 30.8 Å². The molecular formula is C13H18N2O3S. The third kappa shape index (κ3) is 4.48. The summed E-state index contributed by atoms with van der Waals surface area (Å²) in [5.41, 5.74) is 1.24. The predicted octanol–water partition coefficient (Wildman–Crippen LogP) is 2.57. The van der Waals surface area contributed by atoms with E-state index in [1.807, 2.05) is 13.2 Å². The highest BCUT2D eigenvalue weighted by Crippen LogP contribution is 2.18. The summed E-state index contributed by atoms with van der Waals surface area (Å²) >= 11 is 1.66. The van der Waals surface area contributed by atoms with Gasteiger partial charge in [0, 0.05) is 17.5 Å². The molecule has 104 valence electrons. The van der Waals surface area contributed by atoms with E-state index in [0.29, 0.717) is 23.0 Å². The van der Waals surface area contributed by atoms with Gasteiger partial charge in [-0.25, -0.2) is 9.59 Å². The average molecular weight is 282 g/mol. The van der Waals surface area contributed by atoms with Crippen LogP contribution in [-0.4, -0.2) is 35.2 Å². The first-order chi connectivity index (χ1) is 8.95. The van der Waals surface area contributed by atoms with Crippen molar-refractivity contribution in [2.45, 2.75) is 19.1 Å². The number of nitrogens with one attached hydrogen (secondary N) is 2. The number of carbonyl (C=O) groups is 2. The molecule has 5 nitrogen and oxygen atoms in total. The van der Waals surface area contributed by atoms with Crippen molar-refractivity contribution in [3.63, 3.8) is 0 Å². The van der Waals surface area contributed by atoms with E-state index < -0.39 is 5.97 Å². The molecule has 0 fully saturated rings. The Morgan fingerprint density at radius 1 is 1.42 bits per heavy atom. The van der Waals surface area contributed by atoms with Crippen LogP contribution >= 0.6 is 11.8 Å². The van der Waals surface area contributed by atoms with Crippen molar-refractivity contribution in [2.24, 2.45) is 0 Å². The molecular weight excluding hydrogens is 264 g/mol. The summed E-state index contributed by atoms with van der Waals surface area (Å²) in [6, 6.07) is 4.47. The van der Waals surface area contributed by atoms with Gasteiger partial charge in [-0.2, -0.15) is 11.8 Å². The summed E-state index contributed by atoms with van der Waals surface area (Å²) in [7, 11) is 0. The van der Waals surface area contributed by atoms with Gasteiger partial charge in [-0.05, 0) is 30.9 Å². The molecule has 0 spiro atoms. The minimum Gasteiger partial charge on any atom is -0.478 e. The monoisotopic (exact) mass is 282 g/mol. The van der Waals surface area contributed by atoms with Crippen LogP contribution in [-0.2, 0) is 0 Å². The van der Waals surface area contributed by atoms with E-state index in [4.69, 9.17) is 5.11 Å². The van der Waals surface area contributed by atoms with Crippen LogP contribution < -0.4 is 10.6 Å². The molecule has 2 amide bonds. The SMILES string of the molecule is CSC(C)CNC(=O)Nc1cccc(C(=O)O)c1C. The number of urea groups is 1. The largest absolute Gasteiger partial charge is 0.478 e. The van der Waals surface area contributed by atoms with Gasteiger partial charge in [-0.1, -0.05) is 13.0 Å². The van der Waals surface area contributed by atoms with Gasteiger partial charge in [0.1, 0.15) is 0 Å². The van der Waals surface area contributed by atoms with Crippen LogP contribution in [0, 0.1) is 6.92 Å². The third-order valence-electron chi connectivity index (χ3n) is 2.76. The van der Waals surface area contributed by atoms with Gasteiger partial charge in [-0.3, -0.25) is 0 Å². The number of anilines is 1. The van der Waals surface area contributed by atoms with Crippen molar-refractivity contribution in [1.82, 2.24) is 5.32 Å². The fraction of sp³-hybridized carbons (Fsp3) is 0.385. The lowest BCUT2D eigenvalue weighted by atomic mass is 10.1. The van der Waals surface area contributed by atoms with E-state index in [-0.39, 0.29) is 11.6 Å². The van der Waals surface area contributed by atoms with Crippen molar-refractivity contribution < 1.29 is 14.7 Å². The average Bonchev–Trinajstić information content (AvgIpc) is 2.38. The summed E-state index contributed by atoms with van der Waals surface area (Å²) < 4.78 is 0. The minimum atomic E-state index is -1.00. The molecule has 0 saturated heterocycles. The number of hydrogen-bond donors (Lipinski definition) is 3. The van der Waals surface area contributed by atoms with Crippen LogP contribution in [0.4, 0.5) is 10.5 Å². The highest BCUT2D eigenvalue weighted by Gasteiger charge is 2.12. The van der Waals surface area contributed by atoms with Gasteiger partial charge < -0.3 is 15.7 Å². The molecule has 6 heteroatoms. The highest BCUT2D eigenvalue weighted by molar-refractivity contribution is 7.99. The number of thioether (sulfide) groups is 1. The second-order valence-electron chi connectivity index (χ2n) is 4.16. The minimum absolute atomic E-state index is 0.190. The Balaban J connectivity index is 2.69. The van der Waals surface area contributed by atoms with E-state index in [9.17, 15) is 9.59 Å². The van der Waals surface area contributed by atoms with Crippen LogP contribution in [0.15, 0.2) is 18.2 Å². The van der Waals surface area contributed by atoms with E-state index in [1.165, 1.54) is 6.07 Å². The molecule has 0 aliphatic carbocycles. The number of aromatic carboxylic acids is 1. The summed E-state index contributed by atoms with van der Waals surface area (Å²) in [6.45, 7) is 4.25. The summed E-state index contributed by atoms with van der Waals surface area (Å²) in [5, 5.41) is 14.7. The maximum absolute atomic E-state index is 11.7. The first-order valence-electron chi connectivity index (χ1n) is 5.86. The second-order valence-corrected chi connectivity index (χ2v) is 5.44. The van der Waals surface area contributed by atoms with E-state index in [0.717, 1.165) is 0 Å². The summed E-state index contributed by atoms with van der Waals surface area (Å²) in [5.74, 6) is -1.00. The molecule has 3 N–H and O–H groups in total. The highest BCUT2D eigenvalue weighted by atomic mass is 32.2. The fourth-order valence-electron chi connectivity index (χ4n) is 1.49. The molecule has 0 bridgehead atoms. The van der Waals surface area contributed by atoms with Gasteiger partial charge in [-0.15, -0.1) is 0 Å². The molecule has 0 heterocycles. The molecule has 1 aromatic carbocycles. The predicted molar refractivity (Wildman–Crippen MR) is 78.1 cm³/mol. The fourth-order valence-corrected chi connectivity index (χ4v) is 1.74. The molecule has 1 unspecified atom stereocenters. The summed E-state index contributed by atoms with van der Waals surface area (Å²) in [6.07, 6.45) is 1.98. The zero-order chi connectivity index (χ0) is 14.4. The molecule has 0 aromatic heterocycles. The Kier molecular flexibility index (Phi) is 5.69. The maximum Gasteiger partial charge on any atom is 0.336 e. The van der Waals surface area contributed by atoms with Crippen molar-refractivity contribution in [3.8, 4) is 0 Å². The summed E-state index contributed by atoms with van der Waals surface area (Å²) in [4.78, 5) is 22.7. The van der Waals surface area contributed by atoms with E-state index >= 15 is 0 Å². The first kappa shape index (κ1) is 15.4. The van der Waals surface area contributed by atoms with Gasteiger partial charge in [0.2, 0.25) is 0 Å². The van der Waals surface area contributed by atoms with Gasteiger partial charge >= 0.3 is 12.0 Å². The molecule has 0 radical (unpaired) electrons. The molecule has 0 aliphatic rings. The Hall–Kier alpha value is -1.69. The molecule has 1 rings (SSSR count). The number of carboxylic acid groups (broad SMARTS) is 1.